The summed E-state index contributed by atoms with van der Waals surface area (Å²) in [6.07, 6.45) is 3.88. The molecule has 0 aliphatic heterocycles. The smallest absolute Gasteiger partial charge is 0.325 e. The molecule has 9 nitrogen and oxygen atoms in total. The predicted octanol–water partition coefficient (Wildman–Crippen LogP) is 0.554. The van der Waals surface area contributed by atoms with E-state index in [9.17, 15) is 4.79 Å². The first-order valence-electron chi connectivity index (χ1n) is 6.47. The lowest BCUT2D eigenvalue weighted by Crippen LogP contribution is -2.09. The standard InChI is InChI=1S/C12H16N6O3/c1-2-3-21-11-4-10(14-8-15-11)13-5-9-6-18(17-16-9)7-12(19)20/h4,6,8H,2-3,5,7H2,1H3,(H,19,20)(H,13,14,15). The van der Waals surface area contributed by atoms with Gasteiger partial charge in [0.25, 0.3) is 0 Å². The van der Waals surface area contributed by atoms with Crippen LogP contribution in [0.15, 0.2) is 18.6 Å². The van der Waals surface area contributed by atoms with Crippen LogP contribution in [0.2, 0.25) is 0 Å². The van der Waals surface area contributed by atoms with Gasteiger partial charge in [-0.15, -0.1) is 5.10 Å². The number of hydrogen-bond donors (Lipinski definition) is 2. The van der Waals surface area contributed by atoms with E-state index in [0.29, 0.717) is 30.5 Å². The Bertz CT molecular complexity index is 600. The van der Waals surface area contributed by atoms with Crippen molar-refractivity contribution in [2.45, 2.75) is 26.4 Å². The van der Waals surface area contributed by atoms with Crippen molar-refractivity contribution in [1.82, 2.24) is 25.0 Å². The van der Waals surface area contributed by atoms with E-state index in [1.54, 1.807) is 12.3 Å². The van der Waals surface area contributed by atoms with E-state index in [1.165, 1.54) is 11.0 Å². The van der Waals surface area contributed by atoms with Crippen molar-refractivity contribution in [2.24, 2.45) is 0 Å². The van der Waals surface area contributed by atoms with E-state index >= 15 is 0 Å². The summed E-state index contributed by atoms with van der Waals surface area (Å²) in [5.74, 6) is 0.140. The highest BCUT2D eigenvalue weighted by molar-refractivity contribution is 5.66. The molecule has 2 N–H and O–H groups in total. The van der Waals surface area contributed by atoms with Crippen LogP contribution >= 0.6 is 0 Å². The average Bonchev–Trinajstić information content (AvgIpc) is 2.90. The topological polar surface area (TPSA) is 115 Å². The number of nitrogens with one attached hydrogen (secondary N) is 1. The third-order valence-electron chi connectivity index (χ3n) is 2.43. The molecule has 112 valence electrons. The highest BCUT2D eigenvalue weighted by Gasteiger charge is 2.05. The van der Waals surface area contributed by atoms with Crippen LogP contribution in [-0.4, -0.2) is 42.6 Å². The molecule has 0 fully saturated rings. The number of rotatable bonds is 8. The highest BCUT2D eigenvalue weighted by atomic mass is 16.5. The Kier molecular flexibility index (Phi) is 5.02. The molecule has 0 aromatic carbocycles. The van der Waals surface area contributed by atoms with E-state index in [0.717, 1.165) is 6.42 Å². The summed E-state index contributed by atoms with van der Waals surface area (Å²) < 4.78 is 6.67. The van der Waals surface area contributed by atoms with E-state index < -0.39 is 5.97 Å². The number of carboxylic acid groups (broad SMARTS) is 1. The SMILES string of the molecule is CCCOc1cc(NCc2cn(CC(=O)O)nn2)ncn1. The quantitative estimate of drug-likeness (QED) is 0.725. The molecular formula is C12H16N6O3. The van der Waals surface area contributed by atoms with Gasteiger partial charge in [-0.2, -0.15) is 0 Å². The third-order valence-corrected chi connectivity index (χ3v) is 2.43. The summed E-state index contributed by atoms with van der Waals surface area (Å²) in [4.78, 5) is 18.6. The number of ether oxygens (including phenoxy) is 1. The maximum atomic E-state index is 10.5. The third kappa shape index (κ3) is 4.71. The van der Waals surface area contributed by atoms with Gasteiger partial charge in [-0.3, -0.25) is 4.79 Å². The molecule has 0 bridgehead atoms. The second kappa shape index (κ2) is 7.17. The Morgan fingerprint density at radius 2 is 2.33 bits per heavy atom. The maximum Gasteiger partial charge on any atom is 0.325 e. The second-order valence-electron chi connectivity index (χ2n) is 4.24. The summed E-state index contributed by atoms with van der Waals surface area (Å²) in [6.45, 7) is 2.78. The summed E-state index contributed by atoms with van der Waals surface area (Å²) in [5, 5.41) is 19.3. The normalized spacial score (nSPS) is 10.3. The first kappa shape index (κ1) is 14.7. The zero-order valence-corrected chi connectivity index (χ0v) is 11.6. The summed E-state index contributed by atoms with van der Waals surface area (Å²) in [5.41, 5.74) is 0.617. The molecule has 0 amide bonds. The molecule has 21 heavy (non-hydrogen) atoms. The van der Waals surface area contributed by atoms with Gasteiger partial charge >= 0.3 is 5.97 Å². The predicted molar refractivity (Wildman–Crippen MR) is 72.8 cm³/mol. The maximum absolute atomic E-state index is 10.5. The number of nitrogens with zero attached hydrogens (tertiary/aromatic N) is 5. The van der Waals surface area contributed by atoms with Crippen LogP contribution in [0.1, 0.15) is 19.0 Å². The van der Waals surface area contributed by atoms with E-state index in [-0.39, 0.29) is 6.54 Å². The van der Waals surface area contributed by atoms with Crippen LogP contribution in [-0.2, 0) is 17.9 Å². The number of aromatic nitrogens is 5. The molecule has 0 aliphatic rings. The van der Waals surface area contributed by atoms with Crippen LogP contribution in [0.3, 0.4) is 0 Å². The molecular weight excluding hydrogens is 276 g/mol. The molecule has 2 rings (SSSR count). The molecule has 0 aliphatic carbocycles. The van der Waals surface area contributed by atoms with Crippen molar-refractivity contribution < 1.29 is 14.6 Å². The van der Waals surface area contributed by atoms with Crippen molar-refractivity contribution in [3.8, 4) is 5.88 Å². The molecule has 2 aromatic rings. The Morgan fingerprint density at radius 3 is 3.10 bits per heavy atom. The summed E-state index contributed by atoms with van der Waals surface area (Å²) >= 11 is 0. The first-order valence-corrected chi connectivity index (χ1v) is 6.47. The molecule has 0 unspecified atom stereocenters. The zero-order valence-electron chi connectivity index (χ0n) is 11.6. The van der Waals surface area contributed by atoms with Crippen molar-refractivity contribution in [3.05, 3.63) is 24.3 Å². The van der Waals surface area contributed by atoms with Gasteiger partial charge in [0.2, 0.25) is 5.88 Å². The van der Waals surface area contributed by atoms with Crippen LogP contribution in [0.25, 0.3) is 0 Å². The fraction of sp³-hybridized carbons (Fsp3) is 0.417. The van der Waals surface area contributed by atoms with E-state index in [4.69, 9.17) is 9.84 Å². The number of aliphatic carboxylic acids is 1. The van der Waals surface area contributed by atoms with Gasteiger partial charge in [0.15, 0.2) is 0 Å². The van der Waals surface area contributed by atoms with E-state index in [1.807, 2.05) is 6.92 Å². The Morgan fingerprint density at radius 1 is 1.48 bits per heavy atom. The zero-order chi connectivity index (χ0) is 15.1. The number of hydrogen-bond acceptors (Lipinski definition) is 7. The van der Waals surface area contributed by atoms with Crippen molar-refractivity contribution in [2.75, 3.05) is 11.9 Å². The van der Waals surface area contributed by atoms with E-state index in [2.05, 4.69) is 25.6 Å². The van der Waals surface area contributed by atoms with Gasteiger partial charge in [0, 0.05) is 6.07 Å². The molecule has 0 spiro atoms. The molecule has 0 saturated carbocycles. The lowest BCUT2D eigenvalue weighted by atomic mass is 10.4. The minimum Gasteiger partial charge on any atom is -0.480 e. The van der Waals surface area contributed by atoms with Gasteiger partial charge in [-0.1, -0.05) is 12.1 Å². The molecule has 2 heterocycles. The molecule has 0 saturated heterocycles. The van der Waals surface area contributed by atoms with Crippen LogP contribution in [0.5, 0.6) is 5.88 Å². The second-order valence-corrected chi connectivity index (χ2v) is 4.24. The Labute approximate surface area is 121 Å². The molecule has 0 radical (unpaired) electrons. The molecule has 9 heteroatoms. The van der Waals surface area contributed by atoms with Crippen molar-refractivity contribution in [1.29, 1.82) is 0 Å². The van der Waals surface area contributed by atoms with Gasteiger partial charge in [0.05, 0.1) is 19.3 Å². The van der Waals surface area contributed by atoms with Crippen molar-refractivity contribution >= 4 is 11.8 Å². The minimum atomic E-state index is -0.965. The Hall–Kier alpha value is -2.71. The summed E-state index contributed by atoms with van der Waals surface area (Å²) in [7, 11) is 0. The van der Waals surface area contributed by atoms with Gasteiger partial charge in [-0.05, 0) is 6.42 Å². The Balaban J connectivity index is 1.90. The molecule has 2 aromatic heterocycles. The highest BCUT2D eigenvalue weighted by Crippen LogP contribution is 2.11. The fourth-order valence-corrected chi connectivity index (χ4v) is 1.54. The summed E-state index contributed by atoms with van der Waals surface area (Å²) in [6, 6.07) is 1.69. The number of carboxylic acids is 1. The average molecular weight is 292 g/mol. The number of carbonyl (C=O) groups is 1. The monoisotopic (exact) mass is 292 g/mol. The van der Waals surface area contributed by atoms with Gasteiger partial charge in [0.1, 0.15) is 24.4 Å². The largest absolute Gasteiger partial charge is 0.480 e. The van der Waals surface area contributed by atoms with Crippen LogP contribution in [0, 0.1) is 0 Å². The lowest BCUT2D eigenvalue weighted by molar-refractivity contribution is -0.137. The van der Waals surface area contributed by atoms with Gasteiger partial charge in [-0.25, -0.2) is 14.6 Å². The lowest BCUT2D eigenvalue weighted by Gasteiger charge is -2.06. The van der Waals surface area contributed by atoms with Crippen LogP contribution < -0.4 is 10.1 Å². The fourth-order valence-electron chi connectivity index (χ4n) is 1.54. The number of anilines is 1. The first-order chi connectivity index (χ1) is 10.2. The van der Waals surface area contributed by atoms with Crippen molar-refractivity contribution in [3.63, 3.8) is 0 Å². The van der Waals surface area contributed by atoms with Gasteiger partial charge < -0.3 is 15.2 Å². The van der Waals surface area contributed by atoms with Crippen LogP contribution in [0.4, 0.5) is 5.82 Å². The minimum absolute atomic E-state index is 0.213. The molecule has 0 atom stereocenters.